The summed E-state index contributed by atoms with van der Waals surface area (Å²) in [7, 11) is 0. The Bertz CT molecular complexity index is 504. The van der Waals surface area contributed by atoms with Gasteiger partial charge in [-0.2, -0.15) is 0 Å². The molecule has 0 radical (unpaired) electrons. The Balaban J connectivity index is 1.93. The van der Waals surface area contributed by atoms with Crippen molar-refractivity contribution in [2.24, 2.45) is 0 Å². The second kappa shape index (κ2) is 5.12. The van der Waals surface area contributed by atoms with Gasteiger partial charge in [-0.1, -0.05) is 0 Å². The number of amides is 1. The van der Waals surface area contributed by atoms with E-state index in [-0.39, 0.29) is 5.91 Å². The molecule has 0 saturated carbocycles. The molecular formula is C11H10BrNOS2. The lowest BCUT2D eigenvalue weighted by molar-refractivity contribution is 0.0951. The van der Waals surface area contributed by atoms with Gasteiger partial charge in [0.15, 0.2) is 0 Å². The van der Waals surface area contributed by atoms with Crippen LogP contribution in [0.1, 0.15) is 20.1 Å². The van der Waals surface area contributed by atoms with Crippen molar-refractivity contribution in [1.82, 2.24) is 5.32 Å². The fraction of sp³-hybridized carbons (Fsp3) is 0.182. The highest BCUT2D eigenvalue weighted by Crippen LogP contribution is 2.21. The molecule has 0 spiro atoms. The molecule has 0 saturated heterocycles. The molecule has 0 unspecified atom stereocenters. The number of carbonyl (C=O) groups excluding carboxylic acids is 1. The van der Waals surface area contributed by atoms with Gasteiger partial charge in [-0.25, -0.2) is 0 Å². The van der Waals surface area contributed by atoms with E-state index in [1.807, 2.05) is 17.5 Å². The maximum Gasteiger partial charge on any atom is 0.252 e. The van der Waals surface area contributed by atoms with E-state index in [1.165, 1.54) is 21.1 Å². The lowest BCUT2D eigenvalue weighted by Crippen LogP contribution is -2.21. The molecule has 5 heteroatoms. The zero-order chi connectivity index (χ0) is 11.5. The number of hydrogen-bond donors (Lipinski definition) is 1. The molecule has 0 aliphatic carbocycles. The normalized spacial score (nSPS) is 10.4. The largest absolute Gasteiger partial charge is 0.347 e. The summed E-state index contributed by atoms with van der Waals surface area (Å²) >= 11 is 6.57. The van der Waals surface area contributed by atoms with Crippen LogP contribution in [0.3, 0.4) is 0 Å². The first-order chi connectivity index (χ1) is 7.65. The Morgan fingerprint density at radius 3 is 2.88 bits per heavy atom. The zero-order valence-electron chi connectivity index (χ0n) is 8.62. The van der Waals surface area contributed by atoms with E-state index in [4.69, 9.17) is 0 Å². The molecule has 84 valence electrons. The first-order valence-electron chi connectivity index (χ1n) is 4.72. The van der Waals surface area contributed by atoms with Crippen molar-refractivity contribution in [2.75, 3.05) is 0 Å². The SMILES string of the molecule is Cc1ccc(CNC(=O)c2csc(Br)c2)s1. The summed E-state index contributed by atoms with van der Waals surface area (Å²) in [5.74, 6) is -0.0204. The minimum atomic E-state index is -0.0204. The second-order valence-electron chi connectivity index (χ2n) is 3.33. The molecule has 0 fully saturated rings. The third-order valence-corrected chi connectivity index (χ3v) is 4.55. The third-order valence-electron chi connectivity index (χ3n) is 2.05. The van der Waals surface area contributed by atoms with Gasteiger partial charge in [0.25, 0.3) is 5.91 Å². The van der Waals surface area contributed by atoms with Crippen molar-refractivity contribution in [1.29, 1.82) is 0 Å². The van der Waals surface area contributed by atoms with Gasteiger partial charge in [0.05, 0.1) is 15.9 Å². The van der Waals surface area contributed by atoms with E-state index in [9.17, 15) is 4.79 Å². The summed E-state index contributed by atoms with van der Waals surface area (Å²) in [6, 6.07) is 5.94. The van der Waals surface area contributed by atoms with Crippen LogP contribution in [0.15, 0.2) is 27.4 Å². The summed E-state index contributed by atoms with van der Waals surface area (Å²) in [6.45, 7) is 2.66. The van der Waals surface area contributed by atoms with E-state index < -0.39 is 0 Å². The Hall–Kier alpha value is -0.650. The fourth-order valence-corrected chi connectivity index (χ4v) is 3.25. The number of aryl methyl sites for hydroxylation is 1. The summed E-state index contributed by atoms with van der Waals surface area (Å²) in [5, 5.41) is 4.75. The zero-order valence-corrected chi connectivity index (χ0v) is 11.8. The number of carbonyl (C=O) groups is 1. The van der Waals surface area contributed by atoms with Gasteiger partial charge < -0.3 is 5.32 Å². The van der Waals surface area contributed by atoms with Crippen molar-refractivity contribution in [3.05, 3.63) is 42.7 Å². The molecule has 2 aromatic rings. The predicted molar refractivity (Wildman–Crippen MR) is 72.2 cm³/mol. The molecular weight excluding hydrogens is 306 g/mol. The number of nitrogens with one attached hydrogen (secondary N) is 1. The van der Waals surface area contributed by atoms with Gasteiger partial charge in [0.1, 0.15) is 0 Å². The van der Waals surface area contributed by atoms with E-state index in [0.29, 0.717) is 12.1 Å². The standard InChI is InChI=1S/C11H10BrNOS2/c1-7-2-3-9(16-7)5-13-11(14)8-4-10(12)15-6-8/h2-4,6H,5H2,1H3,(H,13,14). The summed E-state index contributed by atoms with van der Waals surface area (Å²) in [4.78, 5) is 14.2. The highest BCUT2D eigenvalue weighted by Gasteiger charge is 2.07. The summed E-state index contributed by atoms with van der Waals surface area (Å²) < 4.78 is 0.976. The summed E-state index contributed by atoms with van der Waals surface area (Å²) in [6.07, 6.45) is 0. The molecule has 1 N–H and O–H groups in total. The van der Waals surface area contributed by atoms with Crippen LogP contribution in [0.2, 0.25) is 0 Å². The monoisotopic (exact) mass is 315 g/mol. The highest BCUT2D eigenvalue weighted by atomic mass is 79.9. The first-order valence-corrected chi connectivity index (χ1v) is 7.21. The van der Waals surface area contributed by atoms with Gasteiger partial charge in [0, 0.05) is 15.1 Å². The molecule has 1 amide bonds. The first kappa shape index (κ1) is 11.8. The Labute approximate surface area is 110 Å². The van der Waals surface area contributed by atoms with Crippen LogP contribution in [0.4, 0.5) is 0 Å². The molecule has 0 aliphatic rings. The van der Waals surface area contributed by atoms with E-state index in [1.54, 1.807) is 11.3 Å². The molecule has 0 aromatic carbocycles. The molecule has 0 aliphatic heterocycles. The molecule has 0 atom stereocenters. The highest BCUT2D eigenvalue weighted by molar-refractivity contribution is 9.11. The van der Waals surface area contributed by atoms with Crippen molar-refractivity contribution in [3.63, 3.8) is 0 Å². The van der Waals surface area contributed by atoms with Crippen LogP contribution in [0.25, 0.3) is 0 Å². The molecule has 2 rings (SSSR count). The minimum absolute atomic E-state index is 0.0204. The van der Waals surface area contributed by atoms with Gasteiger partial charge in [-0.15, -0.1) is 22.7 Å². The van der Waals surface area contributed by atoms with Gasteiger partial charge in [-0.3, -0.25) is 4.79 Å². The average Bonchev–Trinajstić information content (AvgIpc) is 2.84. The van der Waals surface area contributed by atoms with Crippen molar-refractivity contribution in [2.45, 2.75) is 13.5 Å². The lowest BCUT2D eigenvalue weighted by Gasteiger charge is -2.00. The summed E-state index contributed by atoms with van der Waals surface area (Å²) in [5.41, 5.74) is 0.713. The van der Waals surface area contributed by atoms with Crippen molar-refractivity contribution < 1.29 is 4.79 Å². The van der Waals surface area contributed by atoms with Crippen LogP contribution in [-0.4, -0.2) is 5.91 Å². The topological polar surface area (TPSA) is 29.1 Å². The van der Waals surface area contributed by atoms with Crippen LogP contribution < -0.4 is 5.32 Å². The smallest absolute Gasteiger partial charge is 0.252 e. The van der Waals surface area contributed by atoms with E-state index in [0.717, 1.165) is 3.79 Å². The van der Waals surface area contributed by atoms with Gasteiger partial charge >= 0.3 is 0 Å². The Morgan fingerprint density at radius 2 is 2.31 bits per heavy atom. The van der Waals surface area contributed by atoms with Crippen LogP contribution in [0, 0.1) is 6.92 Å². The van der Waals surface area contributed by atoms with E-state index >= 15 is 0 Å². The molecule has 0 bridgehead atoms. The third kappa shape index (κ3) is 2.93. The minimum Gasteiger partial charge on any atom is -0.347 e. The average molecular weight is 316 g/mol. The maximum absolute atomic E-state index is 11.7. The Morgan fingerprint density at radius 1 is 1.50 bits per heavy atom. The van der Waals surface area contributed by atoms with Crippen LogP contribution >= 0.6 is 38.6 Å². The van der Waals surface area contributed by atoms with Crippen molar-refractivity contribution in [3.8, 4) is 0 Å². The number of rotatable bonds is 3. The van der Waals surface area contributed by atoms with Gasteiger partial charge in [-0.05, 0) is 41.1 Å². The number of thiophene rings is 2. The predicted octanol–water partition coefficient (Wildman–Crippen LogP) is 3.81. The molecule has 2 heterocycles. The fourth-order valence-electron chi connectivity index (χ4n) is 1.28. The van der Waals surface area contributed by atoms with E-state index in [2.05, 4.69) is 34.2 Å². The Kier molecular flexibility index (Phi) is 3.78. The quantitative estimate of drug-likeness (QED) is 0.916. The van der Waals surface area contributed by atoms with Crippen molar-refractivity contribution >= 4 is 44.5 Å². The molecule has 16 heavy (non-hydrogen) atoms. The van der Waals surface area contributed by atoms with Gasteiger partial charge in [0.2, 0.25) is 0 Å². The second-order valence-corrected chi connectivity index (χ2v) is 7.00. The van der Waals surface area contributed by atoms with Crippen LogP contribution in [-0.2, 0) is 6.54 Å². The lowest BCUT2D eigenvalue weighted by atomic mass is 10.3. The molecule has 2 aromatic heterocycles. The molecule has 2 nitrogen and oxygen atoms in total. The number of hydrogen-bond acceptors (Lipinski definition) is 3. The number of halogens is 1. The maximum atomic E-state index is 11.7. The van der Waals surface area contributed by atoms with Crippen LogP contribution in [0.5, 0.6) is 0 Å².